The minimum atomic E-state index is -0.228. The van der Waals surface area contributed by atoms with E-state index in [0.29, 0.717) is 18.1 Å². The zero-order valence-electron chi connectivity index (χ0n) is 16.4. The third-order valence-corrected chi connectivity index (χ3v) is 4.94. The standard InChI is InChI=1S/C22H22N4O3/c1-3-15-16-6-4-5-7-17(16)24-18(15)12-26(2)21(28)9-8-14-10-19-22(23-11-14)25-20(27)13-29-19/h4-11,24H,3,12-13H2,1-2H3,(H,23,25,27). The fourth-order valence-electron chi connectivity index (χ4n) is 3.47. The highest BCUT2D eigenvalue weighted by Gasteiger charge is 2.17. The second-order valence-electron chi connectivity index (χ2n) is 6.96. The Morgan fingerprint density at radius 1 is 1.34 bits per heavy atom. The van der Waals surface area contributed by atoms with Crippen LogP contribution in [0.3, 0.4) is 0 Å². The summed E-state index contributed by atoms with van der Waals surface area (Å²) in [7, 11) is 1.78. The lowest BCUT2D eigenvalue weighted by atomic mass is 10.1. The number of nitrogens with one attached hydrogen (secondary N) is 2. The van der Waals surface area contributed by atoms with Crippen molar-refractivity contribution < 1.29 is 14.3 Å². The number of carbonyl (C=O) groups is 2. The van der Waals surface area contributed by atoms with Gasteiger partial charge in [-0.1, -0.05) is 25.1 Å². The molecule has 0 fully saturated rings. The number of aryl methyl sites for hydroxylation is 1. The number of anilines is 1. The van der Waals surface area contributed by atoms with E-state index in [-0.39, 0.29) is 18.4 Å². The molecule has 2 N–H and O–H groups in total. The highest BCUT2D eigenvalue weighted by Crippen LogP contribution is 2.26. The van der Waals surface area contributed by atoms with Crippen molar-refractivity contribution in [2.75, 3.05) is 19.0 Å². The summed E-state index contributed by atoms with van der Waals surface area (Å²) in [6.07, 6.45) is 5.69. The van der Waals surface area contributed by atoms with Crippen LogP contribution < -0.4 is 10.1 Å². The van der Waals surface area contributed by atoms with Crippen LogP contribution >= 0.6 is 0 Å². The number of nitrogens with zero attached hydrogens (tertiary/aromatic N) is 2. The predicted octanol–water partition coefficient (Wildman–Crippen LogP) is 3.13. The first-order chi connectivity index (χ1) is 14.0. The van der Waals surface area contributed by atoms with Gasteiger partial charge in [0.05, 0.1) is 6.54 Å². The summed E-state index contributed by atoms with van der Waals surface area (Å²) in [6, 6.07) is 9.93. The number of hydrogen-bond acceptors (Lipinski definition) is 4. The van der Waals surface area contributed by atoms with Gasteiger partial charge >= 0.3 is 0 Å². The van der Waals surface area contributed by atoms with E-state index in [1.807, 2.05) is 18.2 Å². The van der Waals surface area contributed by atoms with Gasteiger partial charge in [-0.2, -0.15) is 0 Å². The van der Waals surface area contributed by atoms with Gasteiger partial charge in [0, 0.05) is 35.9 Å². The molecule has 1 aliphatic rings. The second-order valence-corrected chi connectivity index (χ2v) is 6.96. The Bertz CT molecular complexity index is 1120. The largest absolute Gasteiger partial charge is 0.480 e. The monoisotopic (exact) mass is 390 g/mol. The fraction of sp³-hybridized carbons (Fsp3) is 0.227. The first-order valence-corrected chi connectivity index (χ1v) is 9.49. The van der Waals surface area contributed by atoms with Crippen LogP contribution in [0.4, 0.5) is 5.82 Å². The Balaban J connectivity index is 1.47. The average Bonchev–Trinajstić information content (AvgIpc) is 3.08. The first kappa shape index (κ1) is 18.7. The van der Waals surface area contributed by atoms with E-state index in [1.54, 1.807) is 30.3 Å². The molecular weight excluding hydrogens is 368 g/mol. The molecule has 7 nitrogen and oxygen atoms in total. The van der Waals surface area contributed by atoms with E-state index in [1.165, 1.54) is 17.0 Å². The Morgan fingerprint density at radius 2 is 2.17 bits per heavy atom. The van der Waals surface area contributed by atoms with Crippen molar-refractivity contribution in [2.45, 2.75) is 19.9 Å². The number of hydrogen-bond donors (Lipinski definition) is 2. The van der Waals surface area contributed by atoms with Crippen LogP contribution in [-0.2, 0) is 22.6 Å². The summed E-state index contributed by atoms with van der Waals surface area (Å²) >= 11 is 0. The van der Waals surface area contributed by atoms with Crippen molar-refractivity contribution in [3.63, 3.8) is 0 Å². The van der Waals surface area contributed by atoms with E-state index >= 15 is 0 Å². The van der Waals surface area contributed by atoms with Crippen molar-refractivity contribution in [3.8, 4) is 5.75 Å². The molecular formula is C22H22N4O3. The molecule has 2 aromatic heterocycles. The number of ether oxygens (including phenoxy) is 1. The zero-order valence-corrected chi connectivity index (χ0v) is 16.4. The molecule has 3 heterocycles. The summed E-state index contributed by atoms with van der Waals surface area (Å²) < 4.78 is 5.36. The van der Waals surface area contributed by atoms with Crippen LogP contribution in [0, 0.1) is 0 Å². The van der Waals surface area contributed by atoms with Crippen LogP contribution in [0.25, 0.3) is 17.0 Å². The van der Waals surface area contributed by atoms with Crippen molar-refractivity contribution in [3.05, 3.63) is 59.4 Å². The van der Waals surface area contributed by atoms with Crippen LogP contribution in [0.1, 0.15) is 23.7 Å². The van der Waals surface area contributed by atoms with Gasteiger partial charge in [-0.3, -0.25) is 9.59 Å². The van der Waals surface area contributed by atoms with Crippen molar-refractivity contribution in [1.29, 1.82) is 0 Å². The zero-order chi connectivity index (χ0) is 20.4. The summed E-state index contributed by atoms with van der Waals surface area (Å²) in [5.74, 6) is 0.553. The molecule has 2 amide bonds. The molecule has 0 unspecified atom stereocenters. The summed E-state index contributed by atoms with van der Waals surface area (Å²) in [4.78, 5) is 33.2. The maximum Gasteiger partial charge on any atom is 0.263 e. The normalized spacial score (nSPS) is 13.2. The molecule has 0 spiro atoms. The number of pyridine rings is 1. The number of fused-ring (bicyclic) bond motifs is 2. The lowest BCUT2D eigenvalue weighted by Gasteiger charge is -2.17. The molecule has 0 aliphatic carbocycles. The smallest absolute Gasteiger partial charge is 0.263 e. The van der Waals surface area contributed by atoms with Crippen molar-refractivity contribution in [2.24, 2.45) is 0 Å². The SMILES string of the molecule is CCc1c(CN(C)C(=O)C=Cc2cnc3c(c2)OCC(=O)N3)[nH]c2ccccc12. The molecule has 1 aromatic carbocycles. The molecule has 0 radical (unpaired) electrons. The minimum absolute atomic E-state index is 0.0339. The number of likely N-dealkylation sites (N-methyl/N-ethyl adjacent to an activating group) is 1. The summed E-state index contributed by atoms with van der Waals surface area (Å²) in [5, 5.41) is 3.84. The quantitative estimate of drug-likeness (QED) is 0.655. The van der Waals surface area contributed by atoms with E-state index < -0.39 is 0 Å². The molecule has 0 saturated carbocycles. The van der Waals surface area contributed by atoms with Gasteiger partial charge in [-0.25, -0.2) is 4.98 Å². The number of rotatable bonds is 5. The maximum absolute atomic E-state index is 12.6. The third kappa shape index (κ3) is 3.85. The summed E-state index contributed by atoms with van der Waals surface area (Å²) in [6.45, 7) is 2.58. The van der Waals surface area contributed by atoms with E-state index in [4.69, 9.17) is 4.74 Å². The lowest BCUT2D eigenvalue weighted by Crippen LogP contribution is -2.26. The van der Waals surface area contributed by atoms with Crippen LogP contribution in [0.15, 0.2) is 42.6 Å². The molecule has 0 atom stereocenters. The number of para-hydroxylation sites is 1. The lowest BCUT2D eigenvalue weighted by molar-refractivity contribution is -0.125. The van der Waals surface area contributed by atoms with E-state index in [2.05, 4.69) is 28.3 Å². The van der Waals surface area contributed by atoms with E-state index in [0.717, 1.165) is 23.2 Å². The third-order valence-electron chi connectivity index (χ3n) is 4.94. The Labute approximate surface area is 168 Å². The molecule has 148 valence electrons. The van der Waals surface area contributed by atoms with Gasteiger partial charge in [0.25, 0.3) is 5.91 Å². The maximum atomic E-state index is 12.6. The Morgan fingerprint density at radius 3 is 3.00 bits per heavy atom. The highest BCUT2D eigenvalue weighted by atomic mass is 16.5. The fourth-order valence-corrected chi connectivity index (χ4v) is 3.47. The van der Waals surface area contributed by atoms with Crippen molar-refractivity contribution in [1.82, 2.24) is 14.9 Å². The molecule has 4 rings (SSSR count). The number of H-pyrrole nitrogens is 1. The topological polar surface area (TPSA) is 87.3 Å². The Kier molecular flexibility index (Phi) is 5.03. The molecule has 3 aromatic rings. The van der Waals surface area contributed by atoms with Crippen molar-refractivity contribution >= 4 is 34.6 Å². The number of aromatic amines is 1. The van der Waals surface area contributed by atoms with Gasteiger partial charge < -0.3 is 19.9 Å². The molecule has 29 heavy (non-hydrogen) atoms. The van der Waals surface area contributed by atoms with Crippen LogP contribution in [0.5, 0.6) is 5.75 Å². The number of benzene rings is 1. The van der Waals surface area contributed by atoms with Gasteiger partial charge in [-0.05, 0) is 35.8 Å². The highest BCUT2D eigenvalue weighted by molar-refractivity contribution is 5.95. The molecule has 0 bridgehead atoms. The first-order valence-electron chi connectivity index (χ1n) is 9.49. The Hall–Kier alpha value is -3.61. The van der Waals surface area contributed by atoms with Gasteiger partial charge in [0.2, 0.25) is 5.91 Å². The second kappa shape index (κ2) is 7.79. The van der Waals surface area contributed by atoms with Crippen LogP contribution in [0.2, 0.25) is 0 Å². The predicted molar refractivity (Wildman–Crippen MR) is 112 cm³/mol. The molecule has 7 heteroatoms. The average molecular weight is 390 g/mol. The van der Waals surface area contributed by atoms with Gasteiger partial charge in [0.15, 0.2) is 18.2 Å². The minimum Gasteiger partial charge on any atom is -0.480 e. The number of amides is 2. The number of aromatic nitrogens is 2. The molecule has 1 aliphatic heterocycles. The van der Waals surface area contributed by atoms with Gasteiger partial charge in [0.1, 0.15) is 0 Å². The molecule has 0 saturated heterocycles. The summed E-state index contributed by atoms with van der Waals surface area (Å²) in [5.41, 5.74) is 4.10. The van der Waals surface area contributed by atoms with Crippen LogP contribution in [-0.4, -0.2) is 40.3 Å². The van der Waals surface area contributed by atoms with Gasteiger partial charge in [-0.15, -0.1) is 0 Å². The number of carbonyl (C=O) groups excluding carboxylic acids is 2. The van der Waals surface area contributed by atoms with E-state index in [9.17, 15) is 9.59 Å².